The van der Waals surface area contributed by atoms with E-state index in [1.165, 1.54) is 0 Å². The van der Waals surface area contributed by atoms with Gasteiger partial charge in [-0.05, 0) is 43.1 Å². The molecule has 106 valence electrons. The lowest BCUT2D eigenvalue weighted by molar-refractivity contribution is 0.319. The van der Waals surface area contributed by atoms with E-state index in [9.17, 15) is 0 Å². The highest BCUT2D eigenvalue weighted by atomic mass is 16.5. The van der Waals surface area contributed by atoms with Gasteiger partial charge < -0.3 is 9.84 Å². The number of nitrogens with one attached hydrogen (secondary N) is 1. The van der Waals surface area contributed by atoms with Crippen molar-refractivity contribution >= 4 is 10.9 Å². The molecule has 5 nitrogen and oxygen atoms in total. The molecule has 1 aliphatic heterocycles. The zero-order valence-corrected chi connectivity index (χ0v) is 11.8. The lowest BCUT2D eigenvalue weighted by atomic mass is 10.0. The van der Waals surface area contributed by atoms with Crippen LogP contribution in [0, 0.1) is 5.92 Å². The number of benzene rings is 1. The van der Waals surface area contributed by atoms with E-state index in [4.69, 9.17) is 4.52 Å². The largest absolute Gasteiger partial charge is 0.337 e. The van der Waals surface area contributed by atoms with Crippen LogP contribution in [0.4, 0.5) is 0 Å². The molecule has 21 heavy (non-hydrogen) atoms. The Kier molecular flexibility index (Phi) is 2.93. The molecule has 2 atom stereocenters. The number of fused-ring (bicyclic) bond motifs is 1. The summed E-state index contributed by atoms with van der Waals surface area (Å²) in [6, 6.07) is 10.1. The van der Waals surface area contributed by atoms with E-state index in [1.807, 2.05) is 30.3 Å². The van der Waals surface area contributed by atoms with Gasteiger partial charge in [-0.25, -0.2) is 0 Å². The smallest absolute Gasteiger partial charge is 0.244 e. The molecular formula is C16H16N4O. The molecule has 4 rings (SSSR count). The van der Waals surface area contributed by atoms with Crippen LogP contribution < -0.4 is 5.32 Å². The number of pyridine rings is 1. The van der Waals surface area contributed by atoms with Crippen LogP contribution in [-0.2, 0) is 0 Å². The Morgan fingerprint density at radius 2 is 2.24 bits per heavy atom. The summed E-state index contributed by atoms with van der Waals surface area (Å²) in [4.78, 5) is 8.88. The van der Waals surface area contributed by atoms with Gasteiger partial charge in [-0.15, -0.1) is 0 Å². The molecule has 0 saturated carbocycles. The van der Waals surface area contributed by atoms with Crippen molar-refractivity contribution in [1.82, 2.24) is 20.4 Å². The average Bonchev–Trinajstić information content (AvgIpc) is 3.15. The third-order valence-electron chi connectivity index (χ3n) is 4.10. The maximum Gasteiger partial charge on any atom is 0.244 e. The fourth-order valence-electron chi connectivity index (χ4n) is 2.86. The molecule has 1 aromatic carbocycles. The quantitative estimate of drug-likeness (QED) is 0.782. The second-order valence-electron chi connectivity index (χ2n) is 5.56. The Hall–Kier alpha value is -2.27. The van der Waals surface area contributed by atoms with Crippen molar-refractivity contribution in [3.63, 3.8) is 0 Å². The van der Waals surface area contributed by atoms with Gasteiger partial charge in [-0.2, -0.15) is 4.98 Å². The monoisotopic (exact) mass is 280 g/mol. The standard InChI is InChI=1S/C16H16N4O/c1-10-6-8-18-14(10)16-19-15(20-21-16)12-4-5-13-11(9-12)3-2-7-17-13/h2-5,7,9-10,14,18H,6,8H2,1H3. The van der Waals surface area contributed by atoms with E-state index in [0.29, 0.717) is 17.6 Å². The number of rotatable bonds is 2. The fourth-order valence-corrected chi connectivity index (χ4v) is 2.86. The minimum atomic E-state index is 0.174. The Balaban J connectivity index is 1.70. The number of aromatic nitrogens is 3. The first-order valence-corrected chi connectivity index (χ1v) is 7.23. The summed E-state index contributed by atoms with van der Waals surface area (Å²) >= 11 is 0. The highest BCUT2D eigenvalue weighted by molar-refractivity contribution is 5.82. The second-order valence-corrected chi connectivity index (χ2v) is 5.56. The lowest BCUT2D eigenvalue weighted by Crippen LogP contribution is -2.16. The lowest BCUT2D eigenvalue weighted by Gasteiger charge is -2.09. The minimum absolute atomic E-state index is 0.174. The van der Waals surface area contributed by atoms with Gasteiger partial charge in [0.25, 0.3) is 0 Å². The fraction of sp³-hybridized carbons (Fsp3) is 0.312. The zero-order valence-electron chi connectivity index (χ0n) is 11.8. The van der Waals surface area contributed by atoms with Crippen LogP contribution in [0.2, 0.25) is 0 Å². The van der Waals surface area contributed by atoms with E-state index >= 15 is 0 Å². The Bertz CT molecular complexity index is 783. The van der Waals surface area contributed by atoms with E-state index < -0.39 is 0 Å². The molecule has 0 spiro atoms. The van der Waals surface area contributed by atoms with Gasteiger partial charge in [0.05, 0.1) is 11.6 Å². The third kappa shape index (κ3) is 2.19. The van der Waals surface area contributed by atoms with E-state index in [0.717, 1.165) is 29.4 Å². The first-order valence-electron chi connectivity index (χ1n) is 7.23. The summed E-state index contributed by atoms with van der Waals surface area (Å²) in [6.45, 7) is 3.21. The summed E-state index contributed by atoms with van der Waals surface area (Å²) in [6.07, 6.45) is 2.94. The number of nitrogens with zero attached hydrogens (tertiary/aromatic N) is 3. The molecular weight excluding hydrogens is 264 g/mol. The van der Waals surface area contributed by atoms with Crippen LogP contribution in [0.3, 0.4) is 0 Å². The molecule has 3 aromatic rings. The number of hydrogen-bond donors (Lipinski definition) is 1. The van der Waals surface area contributed by atoms with Crippen LogP contribution >= 0.6 is 0 Å². The van der Waals surface area contributed by atoms with Crippen LogP contribution in [0.5, 0.6) is 0 Å². The van der Waals surface area contributed by atoms with Gasteiger partial charge >= 0.3 is 0 Å². The Morgan fingerprint density at radius 1 is 1.29 bits per heavy atom. The van der Waals surface area contributed by atoms with E-state index in [1.54, 1.807) is 6.20 Å². The van der Waals surface area contributed by atoms with Gasteiger partial charge in [-0.1, -0.05) is 18.1 Å². The van der Waals surface area contributed by atoms with Gasteiger partial charge in [-0.3, -0.25) is 4.98 Å². The van der Waals surface area contributed by atoms with E-state index in [-0.39, 0.29) is 6.04 Å². The third-order valence-corrected chi connectivity index (χ3v) is 4.10. The van der Waals surface area contributed by atoms with Crippen LogP contribution in [0.25, 0.3) is 22.3 Å². The SMILES string of the molecule is CC1CCNC1c1nc(-c2ccc3ncccc3c2)no1. The second kappa shape index (κ2) is 4.93. The van der Waals surface area contributed by atoms with Crippen molar-refractivity contribution in [3.05, 3.63) is 42.4 Å². The molecule has 1 saturated heterocycles. The van der Waals surface area contributed by atoms with Gasteiger partial charge in [0.2, 0.25) is 11.7 Å². The molecule has 1 aliphatic rings. The maximum atomic E-state index is 5.45. The topological polar surface area (TPSA) is 63.8 Å². The molecule has 0 radical (unpaired) electrons. The highest BCUT2D eigenvalue weighted by Gasteiger charge is 2.29. The molecule has 0 amide bonds. The summed E-state index contributed by atoms with van der Waals surface area (Å²) in [5, 5.41) is 8.61. The summed E-state index contributed by atoms with van der Waals surface area (Å²) in [5.41, 5.74) is 1.92. The zero-order chi connectivity index (χ0) is 14.2. The van der Waals surface area contributed by atoms with Crippen molar-refractivity contribution in [1.29, 1.82) is 0 Å². The van der Waals surface area contributed by atoms with Crippen molar-refractivity contribution in [2.45, 2.75) is 19.4 Å². The molecule has 0 bridgehead atoms. The van der Waals surface area contributed by atoms with Crippen LogP contribution in [-0.4, -0.2) is 21.7 Å². The first kappa shape index (κ1) is 12.5. The predicted octanol–water partition coefficient (Wildman–Crippen LogP) is 2.96. The molecule has 2 unspecified atom stereocenters. The Morgan fingerprint density at radius 3 is 3.10 bits per heavy atom. The Labute approximate surface area is 122 Å². The normalized spacial score (nSPS) is 22.0. The van der Waals surface area contributed by atoms with Crippen LogP contribution in [0.15, 0.2) is 41.1 Å². The van der Waals surface area contributed by atoms with Crippen molar-refractivity contribution < 1.29 is 4.52 Å². The molecule has 1 N–H and O–H groups in total. The van der Waals surface area contributed by atoms with E-state index in [2.05, 4.69) is 27.4 Å². The molecule has 3 heterocycles. The summed E-state index contributed by atoms with van der Waals surface area (Å²) < 4.78 is 5.45. The van der Waals surface area contributed by atoms with Gasteiger partial charge in [0, 0.05) is 17.1 Å². The average molecular weight is 280 g/mol. The first-order chi connectivity index (χ1) is 10.3. The predicted molar refractivity (Wildman–Crippen MR) is 79.6 cm³/mol. The molecule has 0 aliphatic carbocycles. The van der Waals surface area contributed by atoms with Gasteiger partial charge in [0.1, 0.15) is 0 Å². The summed E-state index contributed by atoms with van der Waals surface area (Å²) in [5.74, 6) is 1.84. The van der Waals surface area contributed by atoms with Crippen LogP contribution in [0.1, 0.15) is 25.3 Å². The highest BCUT2D eigenvalue weighted by Crippen LogP contribution is 2.29. The maximum absolute atomic E-state index is 5.45. The van der Waals surface area contributed by atoms with Crippen molar-refractivity contribution in [2.24, 2.45) is 5.92 Å². The van der Waals surface area contributed by atoms with Gasteiger partial charge in [0.15, 0.2) is 0 Å². The molecule has 2 aromatic heterocycles. The molecule has 5 heteroatoms. The van der Waals surface area contributed by atoms with Crippen molar-refractivity contribution in [2.75, 3.05) is 6.54 Å². The molecule has 1 fully saturated rings. The number of hydrogen-bond acceptors (Lipinski definition) is 5. The minimum Gasteiger partial charge on any atom is -0.337 e. The summed E-state index contributed by atoms with van der Waals surface area (Å²) in [7, 11) is 0. The van der Waals surface area contributed by atoms with Crippen molar-refractivity contribution in [3.8, 4) is 11.4 Å².